The highest BCUT2D eigenvalue weighted by Gasteiger charge is 2.28. The summed E-state index contributed by atoms with van der Waals surface area (Å²) in [5, 5.41) is 0. The van der Waals surface area contributed by atoms with Gasteiger partial charge in [-0.3, -0.25) is 29.9 Å². The monoisotopic (exact) mass is 490 g/mol. The maximum atomic E-state index is 4.76. The number of dihydropyridines is 1. The van der Waals surface area contributed by atoms with Gasteiger partial charge in [0, 0.05) is 85.0 Å². The zero-order valence-corrected chi connectivity index (χ0v) is 20.6. The fourth-order valence-electron chi connectivity index (χ4n) is 5.95. The van der Waals surface area contributed by atoms with Crippen LogP contribution in [0.4, 0.5) is 0 Å². The molecular formula is C32H22N6. The highest BCUT2D eigenvalue weighted by molar-refractivity contribution is 6.16. The summed E-state index contributed by atoms with van der Waals surface area (Å²) in [6, 6.07) is 12.7. The van der Waals surface area contributed by atoms with Crippen LogP contribution < -0.4 is 0 Å². The normalized spacial score (nSPS) is 14.7. The molecule has 5 aromatic heterocycles. The third kappa shape index (κ3) is 3.27. The van der Waals surface area contributed by atoms with E-state index in [0.717, 1.165) is 76.4 Å². The summed E-state index contributed by atoms with van der Waals surface area (Å²) in [6.45, 7) is 0.841. The van der Waals surface area contributed by atoms with E-state index in [1.54, 1.807) is 0 Å². The van der Waals surface area contributed by atoms with Crippen LogP contribution in [-0.4, -0.2) is 37.2 Å². The number of allylic oxidation sites excluding steroid dienone is 1. The fourth-order valence-corrected chi connectivity index (χ4v) is 5.95. The summed E-state index contributed by atoms with van der Waals surface area (Å²) in [7, 11) is 0. The molecule has 2 aliphatic carbocycles. The highest BCUT2D eigenvalue weighted by Crippen LogP contribution is 2.40. The van der Waals surface area contributed by atoms with Crippen LogP contribution in [0, 0.1) is 0 Å². The third-order valence-corrected chi connectivity index (χ3v) is 7.71. The van der Waals surface area contributed by atoms with Crippen molar-refractivity contribution in [1.29, 1.82) is 0 Å². The van der Waals surface area contributed by atoms with Crippen molar-refractivity contribution in [3.8, 4) is 44.8 Å². The van der Waals surface area contributed by atoms with E-state index in [0.29, 0.717) is 0 Å². The molecule has 0 radical (unpaired) electrons. The van der Waals surface area contributed by atoms with Gasteiger partial charge in [0.2, 0.25) is 0 Å². The first kappa shape index (κ1) is 21.3. The number of nitrogens with zero attached hydrogens (tertiary/aromatic N) is 6. The van der Waals surface area contributed by atoms with Gasteiger partial charge in [-0.25, -0.2) is 0 Å². The summed E-state index contributed by atoms with van der Waals surface area (Å²) >= 11 is 0. The number of rotatable bonds is 3. The second kappa shape index (κ2) is 8.35. The average Bonchev–Trinajstić information content (AvgIpc) is 3.56. The van der Waals surface area contributed by atoms with E-state index in [1.807, 2.05) is 49.4 Å². The SMILES string of the molecule is C1=C2Cc3c(-c4cncc(-c5cncc(-c6ccnc7c6Cc6cccnc6-7)c5)c4)ccnc3C2=NCC1. The molecule has 0 spiro atoms. The van der Waals surface area contributed by atoms with Gasteiger partial charge in [0.15, 0.2) is 0 Å². The van der Waals surface area contributed by atoms with Crippen molar-refractivity contribution in [1.82, 2.24) is 24.9 Å². The predicted octanol–water partition coefficient (Wildman–Crippen LogP) is 5.91. The number of aliphatic imine (C=N–C) groups is 1. The maximum Gasteiger partial charge on any atom is 0.0930 e. The van der Waals surface area contributed by atoms with Gasteiger partial charge in [-0.2, -0.15) is 0 Å². The van der Waals surface area contributed by atoms with Crippen LogP contribution in [0.15, 0.2) is 96.4 Å². The van der Waals surface area contributed by atoms with Crippen molar-refractivity contribution in [3.05, 3.63) is 114 Å². The first-order valence-electron chi connectivity index (χ1n) is 12.9. The van der Waals surface area contributed by atoms with Crippen LogP contribution in [0.1, 0.15) is 28.8 Å². The Morgan fingerprint density at radius 2 is 1.26 bits per heavy atom. The molecule has 1 aliphatic heterocycles. The Hall–Kier alpha value is -4.84. The molecular weight excluding hydrogens is 468 g/mol. The highest BCUT2D eigenvalue weighted by atomic mass is 14.8. The van der Waals surface area contributed by atoms with Crippen LogP contribution in [0.5, 0.6) is 0 Å². The van der Waals surface area contributed by atoms with Crippen LogP contribution in [0.25, 0.3) is 44.8 Å². The lowest BCUT2D eigenvalue weighted by molar-refractivity contribution is 0.976. The van der Waals surface area contributed by atoms with Gasteiger partial charge in [-0.1, -0.05) is 12.1 Å². The van der Waals surface area contributed by atoms with Crippen molar-refractivity contribution in [2.45, 2.75) is 19.3 Å². The molecule has 0 bridgehead atoms. The number of aromatic nitrogens is 5. The molecule has 0 fully saturated rings. The number of fused-ring (bicyclic) bond motifs is 6. The Morgan fingerprint density at radius 3 is 2.03 bits per heavy atom. The topological polar surface area (TPSA) is 76.8 Å². The second-order valence-electron chi connectivity index (χ2n) is 9.91. The molecule has 38 heavy (non-hydrogen) atoms. The molecule has 3 aliphatic rings. The smallest absolute Gasteiger partial charge is 0.0930 e. The van der Waals surface area contributed by atoms with E-state index < -0.39 is 0 Å². The van der Waals surface area contributed by atoms with Crippen molar-refractivity contribution in [2.75, 3.05) is 6.54 Å². The van der Waals surface area contributed by atoms with Crippen molar-refractivity contribution >= 4 is 5.71 Å². The molecule has 0 aromatic carbocycles. The zero-order chi connectivity index (χ0) is 25.1. The summed E-state index contributed by atoms with van der Waals surface area (Å²) in [4.78, 5) is 27.9. The van der Waals surface area contributed by atoms with E-state index in [2.05, 4.69) is 61.3 Å². The zero-order valence-electron chi connectivity index (χ0n) is 20.6. The van der Waals surface area contributed by atoms with E-state index in [4.69, 9.17) is 4.99 Å². The molecule has 0 amide bonds. The first-order chi connectivity index (χ1) is 18.8. The van der Waals surface area contributed by atoms with E-state index in [9.17, 15) is 0 Å². The lowest BCUT2D eigenvalue weighted by atomic mass is 9.96. The van der Waals surface area contributed by atoms with Crippen molar-refractivity contribution in [2.24, 2.45) is 4.99 Å². The third-order valence-electron chi connectivity index (χ3n) is 7.71. The minimum atomic E-state index is 0.831. The minimum absolute atomic E-state index is 0.831. The molecule has 180 valence electrons. The predicted molar refractivity (Wildman–Crippen MR) is 148 cm³/mol. The Balaban J connectivity index is 1.19. The van der Waals surface area contributed by atoms with Gasteiger partial charge in [0.1, 0.15) is 0 Å². The molecule has 0 unspecified atom stereocenters. The minimum Gasteiger partial charge on any atom is -0.282 e. The Labute approximate surface area is 220 Å². The Bertz CT molecular complexity index is 1830. The van der Waals surface area contributed by atoms with Crippen LogP contribution in [0.2, 0.25) is 0 Å². The summed E-state index contributed by atoms with van der Waals surface area (Å²) in [6.07, 6.45) is 18.3. The van der Waals surface area contributed by atoms with Crippen LogP contribution in [-0.2, 0) is 12.8 Å². The molecule has 6 heteroatoms. The van der Waals surface area contributed by atoms with Crippen LogP contribution in [0.3, 0.4) is 0 Å². The molecule has 0 atom stereocenters. The Kier molecular flexibility index (Phi) is 4.67. The van der Waals surface area contributed by atoms with Gasteiger partial charge in [-0.05, 0) is 70.1 Å². The molecule has 0 saturated heterocycles. The van der Waals surface area contributed by atoms with Crippen LogP contribution >= 0.6 is 0 Å². The summed E-state index contributed by atoms with van der Waals surface area (Å²) in [5.41, 5.74) is 15.5. The first-order valence-corrected chi connectivity index (χ1v) is 12.9. The molecule has 0 saturated carbocycles. The fraction of sp³-hybridized carbons (Fsp3) is 0.125. The van der Waals surface area contributed by atoms with E-state index in [1.165, 1.54) is 27.8 Å². The van der Waals surface area contributed by atoms with Gasteiger partial charge in [-0.15, -0.1) is 0 Å². The van der Waals surface area contributed by atoms with Gasteiger partial charge in [0.25, 0.3) is 0 Å². The second-order valence-corrected chi connectivity index (χ2v) is 9.91. The lowest BCUT2D eigenvalue weighted by Crippen LogP contribution is -2.06. The number of hydrogen-bond acceptors (Lipinski definition) is 6. The largest absolute Gasteiger partial charge is 0.282 e. The standard InChI is InChI=1S/C32H22N6/c1-3-19-13-27-25(5-9-37-31(27)29(19)35-7-1)23-11-21(15-33-17-23)22-12-24(18-34-16-22)26-6-10-38-32-28(26)14-20-4-2-8-36-30(20)32/h1,3-7,9-12,15-18H,2,8,13-14H2. The van der Waals surface area contributed by atoms with Gasteiger partial charge >= 0.3 is 0 Å². The average molecular weight is 491 g/mol. The molecule has 8 rings (SSSR count). The van der Waals surface area contributed by atoms with Crippen molar-refractivity contribution < 1.29 is 0 Å². The molecule has 5 aromatic rings. The molecule has 6 heterocycles. The summed E-state index contributed by atoms with van der Waals surface area (Å²) < 4.78 is 0. The molecule has 6 nitrogen and oxygen atoms in total. The maximum absolute atomic E-state index is 4.76. The number of pyridine rings is 5. The van der Waals surface area contributed by atoms with Gasteiger partial charge < -0.3 is 0 Å². The van der Waals surface area contributed by atoms with Gasteiger partial charge in [0.05, 0.1) is 22.8 Å². The Morgan fingerprint density at radius 1 is 0.605 bits per heavy atom. The number of hydrogen-bond donors (Lipinski definition) is 0. The van der Waals surface area contributed by atoms with E-state index >= 15 is 0 Å². The quantitative estimate of drug-likeness (QED) is 0.308. The summed E-state index contributed by atoms with van der Waals surface area (Å²) in [5.74, 6) is 0. The van der Waals surface area contributed by atoms with Crippen molar-refractivity contribution in [3.63, 3.8) is 0 Å². The lowest BCUT2D eigenvalue weighted by Gasteiger charge is -2.11. The van der Waals surface area contributed by atoms with E-state index in [-0.39, 0.29) is 0 Å². The molecule has 0 N–H and O–H groups in total.